The van der Waals surface area contributed by atoms with Crippen molar-refractivity contribution in [2.75, 3.05) is 11.9 Å². The van der Waals surface area contributed by atoms with Gasteiger partial charge in [-0.3, -0.25) is 9.63 Å². The van der Waals surface area contributed by atoms with Crippen molar-refractivity contribution in [3.05, 3.63) is 29.3 Å². The van der Waals surface area contributed by atoms with Gasteiger partial charge in [-0.05, 0) is 43.7 Å². The average molecular weight is 344 g/mol. The number of hydrogen-bond donors (Lipinski definition) is 4. The molecule has 1 aromatic rings. The third-order valence-corrected chi connectivity index (χ3v) is 5.92. The summed E-state index contributed by atoms with van der Waals surface area (Å²) in [5.41, 5.74) is 12.5. The fourth-order valence-corrected chi connectivity index (χ4v) is 4.38. The van der Waals surface area contributed by atoms with Gasteiger partial charge >= 0.3 is 0 Å². The van der Waals surface area contributed by atoms with Crippen LogP contribution in [0, 0.1) is 18.8 Å². The SMILES string of the molecule is Cc1cccc2c1NC(C(=O)NC(C1CC1)C1C(C)NOC1CN)C2. The van der Waals surface area contributed by atoms with Crippen LogP contribution < -0.4 is 21.8 Å². The average Bonchev–Trinajstić information content (AvgIpc) is 3.23. The Morgan fingerprint density at radius 3 is 2.92 bits per heavy atom. The molecule has 1 aliphatic carbocycles. The minimum atomic E-state index is -0.195. The van der Waals surface area contributed by atoms with Crippen LogP contribution in [0.25, 0.3) is 0 Å². The topological polar surface area (TPSA) is 88.4 Å². The Kier molecular flexibility index (Phi) is 4.43. The lowest BCUT2D eigenvalue weighted by Gasteiger charge is -2.30. The molecule has 4 rings (SSSR count). The number of carbonyl (C=O) groups excluding carboxylic acids is 1. The van der Waals surface area contributed by atoms with E-state index in [1.54, 1.807) is 0 Å². The maximum atomic E-state index is 13.0. The summed E-state index contributed by atoms with van der Waals surface area (Å²) >= 11 is 0. The van der Waals surface area contributed by atoms with Gasteiger partial charge in [0.25, 0.3) is 0 Å². The molecular weight excluding hydrogens is 316 g/mol. The zero-order valence-corrected chi connectivity index (χ0v) is 14.9. The van der Waals surface area contributed by atoms with Crippen LogP contribution in [0.5, 0.6) is 0 Å². The fourth-order valence-electron chi connectivity index (χ4n) is 4.38. The summed E-state index contributed by atoms with van der Waals surface area (Å²) in [7, 11) is 0. The number of nitrogens with one attached hydrogen (secondary N) is 3. The van der Waals surface area contributed by atoms with E-state index in [0.29, 0.717) is 12.5 Å². The van der Waals surface area contributed by atoms with Crippen molar-refractivity contribution >= 4 is 11.6 Å². The second-order valence-corrected chi connectivity index (χ2v) is 7.76. The number of rotatable bonds is 5. The molecule has 1 amide bonds. The summed E-state index contributed by atoms with van der Waals surface area (Å²) in [5, 5.41) is 6.75. The normalized spacial score (nSPS) is 32.1. The van der Waals surface area contributed by atoms with Gasteiger partial charge in [0.15, 0.2) is 0 Å². The molecule has 3 aliphatic rings. The minimum absolute atomic E-state index is 0.0446. The number of hydrogen-bond acceptors (Lipinski definition) is 5. The monoisotopic (exact) mass is 344 g/mol. The van der Waals surface area contributed by atoms with Crippen molar-refractivity contribution in [1.82, 2.24) is 10.8 Å². The number of aryl methyl sites for hydroxylation is 1. The zero-order valence-electron chi connectivity index (χ0n) is 14.9. The van der Waals surface area contributed by atoms with E-state index in [-0.39, 0.29) is 36.1 Å². The zero-order chi connectivity index (χ0) is 17.6. The van der Waals surface area contributed by atoms with Crippen LogP contribution in [0.4, 0.5) is 5.69 Å². The summed E-state index contributed by atoms with van der Waals surface area (Å²) < 4.78 is 0. The lowest BCUT2D eigenvalue weighted by molar-refractivity contribution is -0.123. The molecule has 1 saturated heterocycles. The highest BCUT2D eigenvalue weighted by Crippen LogP contribution is 2.40. The Bertz CT molecular complexity index is 661. The number of amides is 1. The lowest BCUT2D eigenvalue weighted by Crippen LogP contribution is -2.53. The van der Waals surface area contributed by atoms with E-state index in [4.69, 9.17) is 10.6 Å². The van der Waals surface area contributed by atoms with Crippen LogP contribution in [0.2, 0.25) is 0 Å². The maximum Gasteiger partial charge on any atom is 0.243 e. The molecule has 0 spiro atoms. The molecule has 1 aromatic carbocycles. The Labute approximate surface area is 148 Å². The highest BCUT2D eigenvalue weighted by Gasteiger charge is 2.47. The number of carbonyl (C=O) groups is 1. The van der Waals surface area contributed by atoms with E-state index in [1.165, 1.54) is 24.0 Å². The fraction of sp³-hybridized carbons (Fsp3) is 0.632. The van der Waals surface area contributed by atoms with Crippen molar-refractivity contribution in [1.29, 1.82) is 0 Å². The molecule has 2 aliphatic heterocycles. The molecule has 2 heterocycles. The number of para-hydroxylation sites is 1. The molecule has 0 bridgehead atoms. The van der Waals surface area contributed by atoms with Gasteiger partial charge in [-0.2, -0.15) is 5.48 Å². The Hall–Kier alpha value is -1.63. The van der Waals surface area contributed by atoms with E-state index in [9.17, 15) is 4.79 Å². The standard InChI is InChI=1S/C19H28N4O2/c1-10-4-3-5-13-8-14(21-17(10)13)19(24)22-18(12-6-7-12)16-11(2)23-25-15(16)9-20/h3-5,11-12,14-16,18,21,23H,6-9,20H2,1-2H3,(H,22,24). The highest BCUT2D eigenvalue weighted by molar-refractivity contribution is 5.88. The van der Waals surface area contributed by atoms with Crippen LogP contribution in [0.15, 0.2) is 18.2 Å². The van der Waals surface area contributed by atoms with Crippen LogP contribution in [0.1, 0.15) is 30.9 Å². The minimum Gasteiger partial charge on any atom is -0.373 e. The predicted molar refractivity (Wildman–Crippen MR) is 97.0 cm³/mol. The van der Waals surface area contributed by atoms with Gasteiger partial charge < -0.3 is 16.4 Å². The largest absolute Gasteiger partial charge is 0.373 e. The Balaban J connectivity index is 1.47. The number of hydroxylamine groups is 1. The molecule has 6 heteroatoms. The van der Waals surface area contributed by atoms with Crippen LogP contribution in [0.3, 0.4) is 0 Å². The summed E-state index contributed by atoms with van der Waals surface area (Å²) in [6, 6.07) is 6.35. The highest BCUT2D eigenvalue weighted by atomic mass is 16.7. The third kappa shape index (κ3) is 3.14. The van der Waals surface area contributed by atoms with Crippen LogP contribution >= 0.6 is 0 Å². The molecule has 0 radical (unpaired) electrons. The number of benzene rings is 1. The number of nitrogens with two attached hydrogens (primary N) is 1. The van der Waals surface area contributed by atoms with Crippen molar-refractivity contribution in [2.45, 2.75) is 57.3 Å². The quantitative estimate of drug-likeness (QED) is 0.642. The molecule has 5 unspecified atom stereocenters. The summed E-state index contributed by atoms with van der Waals surface area (Å²) in [5.74, 6) is 0.841. The van der Waals surface area contributed by atoms with Gasteiger partial charge in [0.05, 0.1) is 6.10 Å². The van der Waals surface area contributed by atoms with Gasteiger partial charge in [-0.15, -0.1) is 0 Å². The first-order valence-electron chi connectivity index (χ1n) is 9.35. The molecule has 25 heavy (non-hydrogen) atoms. The van der Waals surface area contributed by atoms with Gasteiger partial charge in [0.1, 0.15) is 6.04 Å². The van der Waals surface area contributed by atoms with Crippen molar-refractivity contribution in [2.24, 2.45) is 17.6 Å². The van der Waals surface area contributed by atoms with Gasteiger partial charge in [0, 0.05) is 36.7 Å². The lowest BCUT2D eigenvalue weighted by atomic mass is 9.85. The molecule has 136 valence electrons. The third-order valence-electron chi connectivity index (χ3n) is 5.92. The summed E-state index contributed by atoms with van der Waals surface area (Å²) in [6.45, 7) is 4.65. The van der Waals surface area contributed by atoms with E-state index in [2.05, 4.69) is 48.2 Å². The number of fused-ring (bicyclic) bond motifs is 1. The van der Waals surface area contributed by atoms with E-state index in [0.717, 1.165) is 12.1 Å². The molecule has 5 atom stereocenters. The summed E-state index contributed by atoms with van der Waals surface area (Å²) in [6.07, 6.45) is 3.04. The van der Waals surface area contributed by atoms with E-state index < -0.39 is 0 Å². The molecule has 6 nitrogen and oxygen atoms in total. The smallest absolute Gasteiger partial charge is 0.243 e. The molecule has 1 saturated carbocycles. The molecule has 0 aromatic heterocycles. The van der Waals surface area contributed by atoms with Crippen LogP contribution in [-0.2, 0) is 16.1 Å². The summed E-state index contributed by atoms with van der Waals surface area (Å²) in [4.78, 5) is 18.6. The van der Waals surface area contributed by atoms with Crippen molar-refractivity contribution in [3.8, 4) is 0 Å². The number of anilines is 1. The van der Waals surface area contributed by atoms with Gasteiger partial charge in [0.2, 0.25) is 5.91 Å². The first-order chi connectivity index (χ1) is 12.1. The Morgan fingerprint density at radius 2 is 2.24 bits per heavy atom. The van der Waals surface area contributed by atoms with Crippen molar-refractivity contribution in [3.63, 3.8) is 0 Å². The Morgan fingerprint density at radius 1 is 1.44 bits per heavy atom. The predicted octanol–water partition coefficient (Wildman–Crippen LogP) is 1.09. The second kappa shape index (κ2) is 6.59. The molecule has 2 fully saturated rings. The van der Waals surface area contributed by atoms with E-state index in [1.807, 2.05) is 0 Å². The first-order valence-corrected chi connectivity index (χ1v) is 9.35. The van der Waals surface area contributed by atoms with Gasteiger partial charge in [-0.1, -0.05) is 18.2 Å². The van der Waals surface area contributed by atoms with Gasteiger partial charge in [-0.25, -0.2) is 0 Å². The molecule has 5 N–H and O–H groups in total. The van der Waals surface area contributed by atoms with E-state index >= 15 is 0 Å². The second-order valence-electron chi connectivity index (χ2n) is 7.76. The molecular formula is C19H28N4O2. The van der Waals surface area contributed by atoms with Crippen molar-refractivity contribution < 1.29 is 9.63 Å². The first kappa shape index (κ1) is 16.8. The van der Waals surface area contributed by atoms with Crippen LogP contribution in [-0.4, -0.2) is 36.7 Å². The maximum absolute atomic E-state index is 13.0.